The smallest absolute Gasteiger partial charge is 0.291 e. The number of aromatic nitrogens is 3. The topological polar surface area (TPSA) is 80.0 Å². The first-order valence-electron chi connectivity index (χ1n) is 8.19. The van der Waals surface area contributed by atoms with Gasteiger partial charge in [-0.1, -0.05) is 41.4 Å². The molecule has 3 rings (SSSR count). The molecular formula is C19H19ClN4O2. The van der Waals surface area contributed by atoms with Gasteiger partial charge in [-0.15, -0.1) is 5.10 Å². The Morgan fingerprint density at radius 3 is 2.77 bits per heavy atom. The molecule has 0 saturated carbocycles. The van der Waals surface area contributed by atoms with Gasteiger partial charge in [0.1, 0.15) is 0 Å². The average Bonchev–Trinajstić information content (AvgIpc) is 3.07. The lowest BCUT2D eigenvalue weighted by Crippen LogP contribution is -2.27. The fourth-order valence-electron chi connectivity index (χ4n) is 2.61. The molecule has 0 saturated heterocycles. The van der Waals surface area contributed by atoms with E-state index in [4.69, 9.17) is 16.7 Å². The highest BCUT2D eigenvalue weighted by Crippen LogP contribution is 2.26. The summed E-state index contributed by atoms with van der Waals surface area (Å²) in [5.41, 5.74) is 3.63. The molecule has 6 nitrogen and oxygen atoms in total. The van der Waals surface area contributed by atoms with Gasteiger partial charge in [0.2, 0.25) is 5.82 Å². The molecule has 0 radical (unpaired) electrons. The van der Waals surface area contributed by atoms with E-state index in [1.165, 1.54) is 0 Å². The molecule has 1 aromatic heterocycles. The van der Waals surface area contributed by atoms with Crippen molar-refractivity contribution in [3.8, 4) is 17.1 Å². The zero-order chi connectivity index (χ0) is 18.7. The molecule has 0 aliphatic carbocycles. The number of aryl methyl sites for hydroxylation is 2. The maximum atomic E-state index is 12.3. The summed E-state index contributed by atoms with van der Waals surface area (Å²) < 4.78 is 1.63. The Labute approximate surface area is 156 Å². The van der Waals surface area contributed by atoms with Gasteiger partial charge in [-0.05, 0) is 37.6 Å². The molecule has 0 bridgehead atoms. The van der Waals surface area contributed by atoms with Gasteiger partial charge in [-0.2, -0.15) is 0 Å². The molecule has 0 aliphatic heterocycles. The van der Waals surface area contributed by atoms with Crippen LogP contribution < -0.4 is 5.32 Å². The van der Waals surface area contributed by atoms with Crippen molar-refractivity contribution < 1.29 is 9.90 Å². The van der Waals surface area contributed by atoms with Crippen LogP contribution in [-0.2, 0) is 0 Å². The standard InChI is InChI=1S/C19H19ClN4O2/c1-12-4-3-5-14(10-12)18-22-17(19(26)21-8-9-25)23-24(18)16-11-15(20)7-6-13(16)2/h3-7,10-11,25H,8-9H2,1-2H3,(H,21,26). The molecule has 26 heavy (non-hydrogen) atoms. The molecule has 0 unspecified atom stereocenters. The van der Waals surface area contributed by atoms with Crippen molar-refractivity contribution in [2.45, 2.75) is 13.8 Å². The van der Waals surface area contributed by atoms with Crippen LogP contribution in [-0.4, -0.2) is 38.9 Å². The molecule has 2 N–H and O–H groups in total. The van der Waals surface area contributed by atoms with Gasteiger partial charge in [-0.25, -0.2) is 9.67 Å². The summed E-state index contributed by atoms with van der Waals surface area (Å²) in [6.07, 6.45) is 0. The van der Waals surface area contributed by atoms with Gasteiger partial charge >= 0.3 is 0 Å². The summed E-state index contributed by atoms with van der Waals surface area (Å²) in [5, 5.41) is 16.4. The fourth-order valence-corrected chi connectivity index (χ4v) is 2.77. The summed E-state index contributed by atoms with van der Waals surface area (Å²) in [5.74, 6) is 0.147. The molecule has 3 aromatic rings. The summed E-state index contributed by atoms with van der Waals surface area (Å²) in [6.45, 7) is 3.93. The highest BCUT2D eigenvalue weighted by atomic mass is 35.5. The molecule has 2 aromatic carbocycles. The van der Waals surface area contributed by atoms with E-state index in [0.717, 1.165) is 22.4 Å². The normalized spacial score (nSPS) is 10.8. The van der Waals surface area contributed by atoms with Crippen molar-refractivity contribution in [3.05, 3.63) is 64.4 Å². The summed E-state index contributed by atoms with van der Waals surface area (Å²) in [4.78, 5) is 16.7. The lowest BCUT2D eigenvalue weighted by molar-refractivity contribution is 0.0934. The number of nitrogens with zero attached hydrogens (tertiary/aromatic N) is 3. The van der Waals surface area contributed by atoms with Gasteiger partial charge in [0, 0.05) is 17.1 Å². The van der Waals surface area contributed by atoms with Gasteiger partial charge < -0.3 is 10.4 Å². The Morgan fingerprint density at radius 1 is 1.23 bits per heavy atom. The summed E-state index contributed by atoms with van der Waals surface area (Å²) >= 11 is 6.16. The molecule has 0 atom stereocenters. The van der Waals surface area contributed by atoms with Crippen LogP contribution in [0.5, 0.6) is 0 Å². The first-order chi connectivity index (χ1) is 12.5. The third-order valence-electron chi connectivity index (χ3n) is 3.88. The molecule has 1 amide bonds. The average molecular weight is 371 g/mol. The molecular weight excluding hydrogens is 352 g/mol. The maximum absolute atomic E-state index is 12.3. The Balaban J connectivity index is 2.16. The number of carbonyl (C=O) groups excluding carboxylic acids is 1. The van der Waals surface area contributed by atoms with E-state index < -0.39 is 5.91 Å². The van der Waals surface area contributed by atoms with Crippen molar-refractivity contribution in [1.82, 2.24) is 20.1 Å². The second-order valence-corrected chi connectivity index (χ2v) is 6.39. The van der Waals surface area contributed by atoms with Crippen molar-refractivity contribution in [1.29, 1.82) is 0 Å². The van der Waals surface area contributed by atoms with Crippen LogP contribution in [0.15, 0.2) is 42.5 Å². The molecule has 134 valence electrons. The van der Waals surface area contributed by atoms with E-state index >= 15 is 0 Å². The Hall–Kier alpha value is -2.70. The van der Waals surface area contributed by atoms with Crippen LogP contribution in [0.25, 0.3) is 17.1 Å². The summed E-state index contributed by atoms with van der Waals surface area (Å²) in [6, 6.07) is 13.3. The Morgan fingerprint density at radius 2 is 2.04 bits per heavy atom. The van der Waals surface area contributed by atoms with Crippen molar-refractivity contribution in [2.75, 3.05) is 13.2 Å². The van der Waals surface area contributed by atoms with Gasteiger partial charge in [0.15, 0.2) is 5.82 Å². The zero-order valence-corrected chi connectivity index (χ0v) is 15.3. The first-order valence-corrected chi connectivity index (χ1v) is 8.57. The Bertz CT molecular complexity index is 952. The lowest BCUT2D eigenvalue weighted by Gasteiger charge is -2.10. The zero-order valence-electron chi connectivity index (χ0n) is 14.5. The van der Waals surface area contributed by atoms with E-state index in [2.05, 4.69) is 15.4 Å². The number of aliphatic hydroxyl groups excluding tert-OH is 1. The highest BCUT2D eigenvalue weighted by Gasteiger charge is 2.19. The van der Waals surface area contributed by atoms with E-state index in [9.17, 15) is 4.79 Å². The van der Waals surface area contributed by atoms with E-state index in [1.807, 2.05) is 44.2 Å². The van der Waals surface area contributed by atoms with Crippen molar-refractivity contribution >= 4 is 17.5 Å². The van der Waals surface area contributed by atoms with Gasteiger partial charge in [0.05, 0.1) is 12.3 Å². The second kappa shape index (κ2) is 7.68. The van der Waals surface area contributed by atoms with Crippen molar-refractivity contribution in [3.63, 3.8) is 0 Å². The first kappa shape index (κ1) is 18.1. The highest BCUT2D eigenvalue weighted by molar-refractivity contribution is 6.30. The van der Waals surface area contributed by atoms with E-state index in [0.29, 0.717) is 10.8 Å². The minimum absolute atomic E-state index is 0.0364. The molecule has 0 aliphatic rings. The van der Waals surface area contributed by atoms with Crippen LogP contribution in [0.2, 0.25) is 5.02 Å². The lowest BCUT2D eigenvalue weighted by atomic mass is 10.1. The van der Waals surface area contributed by atoms with Crippen LogP contribution in [0.4, 0.5) is 0 Å². The molecule has 7 heteroatoms. The number of amides is 1. The van der Waals surface area contributed by atoms with Gasteiger partial charge in [-0.3, -0.25) is 4.79 Å². The quantitative estimate of drug-likeness (QED) is 0.723. The third-order valence-corrected chi connectivity index (χ3v) is 4.12. The maximum Gasteiger partial charge on any atom is 0.291 e. The van der Waals surface area contributed by atoms with Crippen LogP contribution >= 0.6 is 11.6 Å². The molecule has 0 spiro atoms. The van der Waals surface area contributed by atoms with Crippen LogP contribution in [0.3, 0.4) is 0 Å². The number of aliphatic hydroxyl groups is 1. The number of carbonyl (C=O) groups is 1. The molecule has 0 fully saturated rings. The largest absolute Gasteiger partial charge is 0.395 e. The number of halogens is 1. The molecule has 1 heterocycles. The second-order valence-electron chi connectivity index (χ2n) is 5.95. The number of benzene rings is 2. The number of hydrogen-bond acceptors (Lipinski definition) is 4. The van der Waals surface area contributed by atoms with Crippen molar-refractivity contribution in [2.24, 2.45) is 0 Å². The Kier molecular flexibility index (Phi) is 5.35. The van der Waals surface area contributed by atoms with Gasteiger partial charge in [0.25, 0.3) is 5.91 Å². The van der Waals surface area contributed by atoms with E-state index in [-0.39, 0.29) is 19.0 Å². The van der Waals surface area contributed by atoms with Crippen LogP contribution in [0, 0.1) is 13.8 Å². The predicted octanol–water partition coefficient (Wildman–Crippen LogP) is 2.93. The summed E-state index contributed by atoms with van der Waals surface area (Å²) in [7, 11) is 0. The SMILES string of the molecule is Cc1cccc(-c2nc(C(=O)NCCO)nn2-c2cc(Cl)ccc2C)c1. The monoisotopic (exact) mass is 370 g/mol. The number of hydrogen-bond donors (Lipinski definition) is 2. The predicted molar refractivity (Wildman–Crippen MR) is 101 cm³/mol. The number of rotatable bonds is 5. The number of nitrogens with one attached hydrogen (secondary N) is 1. The van der Waals surface area contributed by atoms with E-state index in [1.54, 1.807) is 16.8 Å². The minimum Gasteiger partial charge on any atom is -0.395 e. The van der Waals surface area contributed by atoms with Crippen LogP contribution in [0.1, 0.15) is 21.7 Å². The fraction of sp³-hybridized carbons (Fsp3) is 0.211. The minimum atomic E-state index is -0.439. The third kappa shape index (κ3) is 3.76.